The molecule has 0 spiro atoms. The Morgan fingerprint density at radius 1 is 1.22 bits per heavy atom. The Hall–Kier alpha value is -3.15. The first-order valence-electron chi connectivity index (χ1n) is 7.00. The number of phenols is 1. The number of aromatic nitrogens is 2. The van der Waals surface area contributed by atoms with Gasteiger partial charge in [-0.05, 0) is 30.7 Å². The number of rotatable bonds is 1. The fourth-order valence-electron chi connectivity index (χ4n) is 3.07. The molecular formula is C17H12FN3O2. The van der Waals surface area contributed by atoms with Crippen LogP contribution in [0.5, 0.6) is 5.75 Å². The number of carbonyl (C=O) groups is 1. The highest BCUT2D eigenvalue weighted by Crippen LogP contribution is 2.38. The molecule has 4 aromatic rings. The molecule has 2 aromatic carbocycles. The van der Waals surface area contributed by atoms with E-state index >= 15 is 0 Å². The molecule has 5 nitrogen and oxygen atoms in total. The summed E-state index contributed by atoms with van der Waals surface area (Å²) < 4.78 is 13.5. The second-order valence-corrected chi connectivity index (χ2v) is 5.51. The zero-order valence-corrected chi connectivity index (χ0v) is 12.1. The zero-order chi connectivity index (χ0) is 16.3. The van der Waals surface area contributed by atoms with Crippen LogP contribution in [0.4, 0.5) is 4.39 Å². The normalized spacial score (nSPS) is 11.6. The molecule has 0 aliphatic carbocycles. The SMILES string of the molecule is Cc1ccc(O)c2[nH]c3c(C(N)=O)nc4cc(F)ccc4c3c12. The van der Waals surface area contributed by atoms with E-state index in [0.717, 1.165) is 10.9 Å². The van der Waals surface area contributed by atoms with E-state index in [2.05, 4.69) is 9.97 Å². The molecule has 4 N–H and O–H groups in total. The number of pyridine rings is 1. The predicted molar refractivity (Wildman–Crippen MR) is 86.0 cm³/mol. The molecule has 0 atom stereocenters. The van der Waals surface area contributed by atoms with E-state index in [0.29, 0.717) is 27.3 Å². The molecule has 0 aliphatic rings. The Kier molecular flexibility index (Phi) is 2.60. The molecule has 23 heavy (non-hydrogen) atoms. The van der Waals surface area contributed by atoms with Crippen molar-refractivity contribution in [3.8, 4) is 5.75 Å². The number of phenolic OH excluding ortho intramolecular Hbond substituents is 1. The number of carbonyl (C=O) groups excluding carboxylic acids is 1. The van der Waals surface area contributed by atoms with Gasteiger partial charge in [0.25, 0.3) is 5.91 Å². The number of aryl methyl sites for hydroxylation is 1. The summed E-state index contributed by atoms with van der Waals surface area (Å²) in [5.41, 5.74) is 7.65. The molecule has 0 saturated heterocycles. The minimum Gasteiger partial charge on any atom is -0.506 e. The highest BCUT2D eigenvalue weighted by molar-refractivity contribution is 6.24. The summed E-state index contributed by atoms with van der Waals surface area (Å²) in [5, 5.41) is 12.3. The van der Waals surface area contributed by atoms with Crippen LogP contribution in [0.2, 0.25) is 0 Å². The van der Waals surface area contributed by atoms with E-state index in [9.17, 15) is 14.3 Å². The largest absolute Gasteiger partial charge is 0.506 e. The number of nitrogens with two attached hydrogens (primary N) is 1. The molecule has 0 unspecified atom stereocenters. The monoisotopic (exact) mass is 309 g/mol. The third-order valence-electron chi connectivity index (χ3n) is 4.07. The van der Waals surface area contributed by atoms with Gasteiger partial charge < -0.3 is 15.8 Å². The summed E-state index contributed by atoms with van der Waals surface area (Å²) >= 11 is 0. The minimum absolute atomic E-state index is 0.0214. The summed E-state index contributed by atoms with van der Waals surface area (Å²) in [6, 6.07) is 7.57. The Morgan fingerprint density at radius 2 is 2.00 bits per heavy atom. The Bertz CT molecular complexity index is 1130. The lowest BCUT2D eigenvalue weighted by atomic mass is 10.0. The quantitative estimate of drug-likeness (QED) is 0.504. The predicted octanol–water partition coefficient (Wildman–Crippen LogP) is 3.12. The summed E-state index contributed by atoms with van der Waals surface area (Å²) in [6.07, 6.45) is 0. The van der Waals surface area contributed by atoms with Crippen LogP contribution in [0, 0.1) is 12.7 Å². The van der Waals surface area contributed by atoms with Gasteiger partial charge in [0.05, 0.1) is 16.6 Å². The van der Waals surface area contributed by atoms with Crippen LogP contribution in [0.15, 0.2) is 30.3 Å². The second-order valence-electron chi connectivity index (χ2n) is 5.51. The van der Waals surface area contributed by atoms with Crippen LogP contribution in [0.3, 0.4) is 0 Å². The van der Waals surface area contributed by atoms with Crippen molar-refractivity contribution < 1.29 is 14.3 Å². The van der Waals surface area contributed by atoms with Gasteiger partial charge in [0.2, 0.25) is 0 Å². The summed E-state index contributed by atoms with van der Waals surface area (Å²) in [5.74, 6) is -1.10. The van der Waals surface area contributed by atoms with Crippen LogP contribution in [-0.2, 0) is 0 Å². The molecule has 4 rings (SSSR count). The van der Waals surface area contributed by atoms with E-state index in [1.54, 1.807) is 18.2 Å². The summed E-state index contributed by atoms with van der Waals surface area (Å²) in [7, 11) is 0. The molecule has 114 valence electrons. The smallest absolute Gasteiger partial charge is 0.269 e. The van der Waals surface area contributed by atoms with E-state index in [-0.39, 0.29) is 11.4 Å². The van der Waals surface area contributed by atoms with Crippen molar-refractivity contribution in [1.29, 1.82) is 0 Å². The van der Waals surface area contributed by atoms with Crippen LogP contribution in [-0.4, -0.2) is 21.0 Å². The Balaban J connectivity index is 2.38. The van der Waals surface area contributed by atoms with E-state index in [1.165, 1.54) is 12.1 Å². The molecule has 6 heteroatoms. The van der Waals surface area contributed by atoms with E-state index in [4.69, 9.17) is 5.73 Å². The average molecular weight is 309 g/mol. The van der Waals surface area contributed by atoms with Crippen molar-refractivity contribution in [2.75, 3.05) is 0 Å². The molecule has 2 aromatic heterocycles. The van der Waals surface area contributed by atoms with Crippen molar-refractivity contribution in [2.45, 2.75) is 6.92 Å². The van der Waals surface area contributed by atoms with E-state index < -0.39 is 11.7 Å². The van der Waals surface area contributed by atoms with Crippen LogP contribution < -0.4 is 5.73 Å². The number of aromatic hydroxyl groups is 1. The van der Waals surface area contributed by atoms with Gasteiger partial charge in [-0.25, -0.2) is 9.37 Å². The number of nitrogens with zero attached hydrogens (tertiary/aromatic N) is 1. The van der Waals surface area contributed by atoms with Gasteiger partial charge in [0, 0.05) is 22.2 Å². The first-order chi connectivity index (χ1) is 11.0. The molecule has 0 aliphatic heterocycles. The van der Waals surface area contributed by atoms with Crippen molar-refractivity contribution in [3.05, 3.63) is 47.4 Å². The molecule has 2 heterocycles. The highest BCUT2D eigenvalue weighted by Gasteiger charge is 2.19. The van der Waals surface area contributed by atoms with Crippen molar-refractivity contribution >= 4 is 38.6 Å². The molecule has 0 fully saturated rings. The maximum absolute atomic E-state index is 13.5. The number of H-pyrrole nitrogens is 1. The molecular weight excluding hydrogens is 297 g/mol. The Morgan fingerprint density at radius 3 is 2.74 bits per heavy atom. The number of halogens is 1. The summed E-state index contributed by atoms with van der Waals surface area (Å²) in [4.78, 5) is 19.0. The van der Waals surface area contributed by atoms with Gasteiger partial charge in [-0.1, -0.05) is 6.07 Å². The van der Waals surface area contributed by atoms with Gasteiger partial charge >= 0.3 is 0 Å². The van der Waals surface area contributed by atoms with Gasteiger partial charge in [0.1, 0.15) is 11.6 Å². The van der Waals surface area contributed by atoms with Crippen molar-refractivity contribution in [2.24, 2.45) is 5.73 Å². The minimum atomic E-state index is -0.718. The summed E-state index contributed by atoms with van der Waals surface area (Å²) in [6.45, 7) is 1.90. The lowest BCUT2D eigenvalue weighted by Crippen LogP contribution is -2.13. The number of hydrogen-bond donors (Lipinski definition) is 3. The third kappa shape index (κ3) is 1.78. The lowest BCUT2D eigenvalue weighted by Gasteiger charge is -2.05. The van der Waals surface area contributed by atoms with Gasteiger partial charge in [-0.2, -0.15) is 0 Å². The second kappa shape index (κ2) is 4.42. The molecule has 0 saturated carbocycles. The van der Waals surface area contributed by atoms with Crippen LogP contribution >= 0.6 is 0 Å². The topological polar surface area (TPSA) is 92.0 Å². The number of primary amides is 1. The molecule has 0 bridgehead atoms. The first kappa shape index (κ1) is 13.5. The van der Waals surface area contributed by atoms with Crippen molar-refractivity contribution in [3.63, 3.8) is 0 Å². The molecule has 1 amide bonds. The highest BCUT2D eigenvalue weighted by atomic mass is 19.1. The number of amides is 1. The number of aromatic amines is 1. The Labute approximate surface area is 129 Å². The lowest BCUT2D eigenvalue weighted by molar-refractivity contribution is 0.0997. The number of benzene rings is 2. The fraction of sp³-hybridized carbons (Fsp3) is 0.0588. The fourth-order valence-corrected chi connectivity index (χ4v) is 3.07. The standard InChI is InChI=1S/C17H12FN3O2/c1-7-2-5-11(22)14-12(7)13-9-4-3-8(18)6-10(9)20-16(17(19)23)15(13)21-14/h2-6,21-22H,1H3,(H2,19,23). The molecule has 0 radical (unpaired) electrons. The maximum atomic E-state index is 13.5. The van der Waals surface area contributed by atoms with Crippen LogP contribution in [0.25, 0.3) is 32.7 Å². The number of nitrogens with one attached hydrogen (secondary N) is 1. The zero-order valence-electron chi connectivity index (χ0n) is 12.1. The van der Waals surface area contributed by atoms with Gasteiger partial charge in [0.15, 0.2) is 5.69 Å². The average Bonchev–Trinajstić information content (AvgIpc) is 2.91. The number of hydrogen-bond acceptors (Lipinski definition) is 3. The maximum Gasteiger partial charge on any atom is 0.269 e. The van der Waals surface area contributed by atoms with E-state index in [1.807, 2.05) is 6.92 Å². The number of fused-ring (bicyclic) bond motifs is 5. The van der Waals surface area contributed by atoms with Gasteiger partial charge in [-0.15, -0.1) is 0 Å². The van der Waals surface area contributed by atoms with Crippen LogP contribution in [0.1, 0.15) is 16.1 Å². The van der Waals surface area contributed by atoms with Crippen molar-refractivity contribution in [1.82, 2.24) is 9.97 Å². The first-order valence-corrected chi connectivity index (χ1v) is 7.00. The van der Waals surface area contributed by atoms with Gasteiger partial charge in [-0.3, -0.25) is 4.79 Å². The third-order valence-corrected chi connectivity index (χ3v) is 4.07.